The zero-order valence-electron chi connectivity index (χ0n) is 12.4. The molecule has 0 aromatic heterocycles. The second-order valence-electron chi connectivity index (χ2n) is 7.17. The predicted octanol–water partition coefficient (Wildman–Crippen LogP) is 3.49. The van der Waals surface area contributed by atoms with Crippen LogP contribution in [-0.4, -0.2) is 42.0 Å². The molecular formula is C16H28N2O. The van der Waals surface area contributed by atoms with Gasteiger partial charge in [-0.2, -0.15) is 0 Å². The van der Waals surface area contributed by atoms with Crippen LogP contribution in [0.3, 0.4) is 0 Å². The van der Waals surface area contributed by atoms with Gasteiger partial charge in [-0.1, -0.05) is 19.8 Å². The molecule has 1 atom stereocenters. The lowest BCUT2D eigenvalue weighted by molar-refractivity contribution is 0.0886. The van der Waals surface area contributed by atoms with Gasteiger partial charge in [-0.3, -0.25) is 0 Å². The van der Waals surface area contributed by atoms with Gasteiger partial charge in [-0.05, 0) is 49.9 Å². The fourth-order valence-electron chi connectivity index (χ4n) is 4.36. The van der Waals surface area contributed by atoms with Crippen molar-refractivity contribution in [2.24, 2.45) is 11.3 Å². The van der Waals surface area contributed by atoms with Crippen LogP contribution in [0.25, 0.3) is 0 Å². The Balaban J connectivity index is 1.54. The number of carbonyl (C=O) groups is 1. The van der Waals surface area contributed by atoms with Crippen LogP contribution >= 0.6 is 0 Å². The van der Waals surface area contributed by atoms with Crippen LogP contribution in [0.4, 0.5) is 4.79 Å². The van der Waals surface area contributed by atoms with Crippen LogP contribution in [0.5, 0.6) is 0 Å². The highest BCUT2D eigenvalue weighted by Gasteiger charge is 2.38. The van der Waals surface area contributed by atoms with Crippen molar-refractivity contribution in [2.75, 3.05) is 26.2 Å². The number of likely N-dealkylation sites (tertiary alicyclic amines) is 2. The van der Waals surface area contributed by atoms with Crippen LogP contribution in [0.2, 0.25) is 0 Å². The topological polar surface area (TPSA) is 23.6 Å². The molecule has 0 aromatic rings. The molecule has 3 rings (SSSR count). The third-order valence-electron chi connectivity index (χ3n) is 5.69. The lowest BCUT2D eigenvalue weighted by atomic mass is 9.77. The Morgan fingerprint density at radius 2 is 1.63 bits per heavy atom. The van der Waals surface area contributed by atoms with Crippen molar-refractivity contribution in [3.63, 3.8) is 0 Å². The van der Waals surface area contributed by atoms with Gasteiger partial charge >= 0.3 is 6.03 Å². The number of rotatable bonds is 0. The maximum absolute atomic E-state index is 12.6. The van der Waals surface area contributed by atoms with E-state index >= 15 is 0 Å². The average molecular weight is 264 g/mol. The Hall–Kier alpha value is -0.730. The molecule has 3 nitrogen and oxygen atoms in total. The van der Waals surface area contributed by atoms with Gasteiger partial charge in [0.1, 0.15) is 0 Å². The van der Waals surface area contributed by atoms with E-state index in [2.05, 4.69) is 16.7 Å². The Morgan fingerprint density at radius 3 is 2.26 bits per heavy atom. The van der Waals surface area contributed by atoms with Crippen molar-refractivity contribution in [1.29, 1.82) is 0 Å². The standard InChI is InChI=1S/C16H28N2O/c1-14-5-4-10-18(13-14)15(19)17-11-8-16(9-12-17)6-2-3-7-16/h14H,2-13H2,1H3. The minimum absolute atomic E-state index is 0.319. The molecule has 1 saturated carbocycles. The lowest BCUT2D eigenvalue weighted by Gasteiger charge is -2.42. The molecule has 108 valence electrons. The van der Waals surface area contributed by atoms with Crippen LogP contribution in [0.1, 0.15) is 58.3 Å². The van der Waals surface area contributed by atoms with E-state index in [1.54, 1.807) is 0 Å². The minimum atomic E-state index is 0.319. The van der Waals surface area contributed by atoms with Crippen LogP contribution < -0.4 is 0 Å². The second-order valence-corrected chi connectivity index (χ2v) is 7.17. The van der Waals surface area contributed by atoms with Crippen molar-refractivity contribution < 1.29 is 4.79 Å². The fraction of sp³-hybridized carbons (Fsp3) is 0.938. The third kappa shape index (κ3) is 2.75. The summed E-state index contributed by atoms with van der Waals surface area (Å²) in [4.78, 5) is 16.8. The fourth-order valence-corrected chi connectivity index (χ4v) is 4.36. The number of urea groups is 1. The quantitative estimate of drug-likeness (QED) is 0.657. The van der Waals surface area contributed by atoms with E-state index < -0.39 is 0 Å². The zero-order valence-corrected chi connectivity index (χ0v) is 12.4. The van der Waals surface area contributed by atoms with Gasteiger partial charge < -0.3 is 9.80 Å². The molecular weight excluding hydrogens is 236 g/mol. The molecule has 0 radical (unpaired) electrons. The number of amides is 2. The van der Waals surface area contributed by atoms with Gasteiger partial charge in [0.2, 0.25) is 0 Å². The minimum Gasteiger partial charge on any atom is -0.325 e. The van der Waals surface area contributed by atoms with Crippen LogP contribution in [0, 0.1) is 11.3 Å². The number of hydrogen-bond donors (Lipinski definition) is 0. The smallest absolute Gasteiger partial charge is 0.320 e. The first-order valence-corrected chi connectivity index (χ1v) is 8.22. The predicted molar refractivity (Wildman–Crippen MR) is 77.1 cm³/mol. The molecule has 2 amide bonds. The first-order chi connectivity index (χ1) is 9.19. The highest BCUT2D eigenvalue weighted by molar-refractivity contribution is 5.74. The summed E-state index contributed by atoms with van der Waals surface area (Å²) < 4.78 is 0. The van der Waals surface area contributed by atoms with Crippen molar-refractivity contribution in [3.8, 4) is 0 Å². The van der Waals surface area contributed by atoms with Crippen LogP contribution in [0.15, 0.2) is 0 Å². The van der Waals surface area contributed by atoms with Gasteiger partial charge in [0, 0.05) is 26.2 Å². The SMILES string of the molecule is CC1CCCN(C(=O)N2CCC3(CCCC3)CC2)C1. The summed E-state index contributed by atoms with van der Waals surface area (Å²) in [5.74, 6) is 0.684. The van der Waals surface area contributed by atoms with Crippen LogP contribution in [-0.2, 0) is 0 Å². The molecule has 0 aromatic carbocycles. The van der Waals surface area contributed by atoms with Gasteiger partial charge in [-0.15, -0.1) is 0 Å². The Kier molecular flexibility index (Phi) is 3.72. The summed E-state index contributed by atoms with van der Waals surface area (Å²) in [6.07, 6.45) is 10.6. The van der Waals surface area contributed by atoms with Gasteiger partial charge in [0.25, 0.3) is 0 Å². The molecule has 1 spiro atoms. The summed E-state index contributed by atoms with van der Waals surface area (Å²) in [6.45, 7) is 6.22. The van der Waals surface area contributed by atoms with Crippen molar-refractivity contribution >= 4 is 6.03 Å². The summed E-state index contributed by atoms with van der Waals surface area (Å²) in [5, 5.41) is 0. The molecule has 0 bridgehead atoms. The van der Waals surface area contributed by atoms with E-state index in [1.807, 2.05) is 0 Å². The Labute approximate surface area is 117 Å². The summed E-state index contributed by atoms with van der Waals surface area (Å²) >= 11 is 0. The first-order valence-electron chi connectivity index (χ1n) is 8.22. The van der Waals surface area contributed by atoms with E-state index in [0.717, 1.165) is 26.2 Å². The number of carbonyl (C=O) groups excluding carboxylic acids is 1. The first kappa shape index (κ1) is 13.3. The summed E-state index contributed by atoms with van der Waals surface area (Å²) in [6, 6.07) is 0.319. The molecule has 2 saturated heterocycles. The maximum Gasteiger partial charge on any atom is 0.320 e. The molecule has 1 unspecified atom stereocenters. The lowest BCUT2D eigenvalue weighted by Crippen LogP contribution is -2.50. The molecule has 19 heavy (non-hydrogen) atoms. The van der Waals surface area contributed by atoms with E-state index in [9.17, 15) is 4.79 Å². The van der Waals surface area contributed by atoms with Gasteiger partial charge in [-0.25, -0.2) is 4.79 Å². The van der Waals surface area contributed by atoms with E-state index in [-0.39, 0.29) is 0 Å². The number of piperidine rings is 2. The Morgan fingerprint density at radius 1 is 0.947 bits per heavy atom. The van der Waals surface area contributed by atoms with Gasteiger partial charge in [0.05, 0.1) is 0 Å². The van der Waals surface area contributed by atoms with Crippen molar-refractivity contribution in [2.45, 2.75) is 58.3 Å². The van der Waals surface area contributed by atoms with Crippen molar-refractivity contribution in [3.05, 3.63) is 0 Å². The average Bonchev–Trinajstić information content (AvgIpc) is 2.87. The third-order valence-corrected chi connectivity index (χ3v) is 5.69. The van der Waals surface area contributed by atoms with Crippen molar-refractivity contribution in [1.82, 2.24) is 9.80 Å². The zero-order chi connectivity index (χ0) is 13.3. The highest BCUT2D eigenvalue weighted by Crippen LogP contribution is 2.46. The Bertz CT molecular complexity index is 326. The summed E-state index contributed by atoms with van der Waals surface area (Å²) in [5.41, 5.74) is 0.617. The van der Waals surface area contributed by atoms with E-state index in [0.29, 0.717) is 17.4 Å². The molecule has 2 heterocycles. The maximum atomic E-state index is 12.6. The van der Waals surface area contributed by atoms with E-state index in [1.165, 1.54) is 51.4 Å². The molecule has 3 aliphatic rings. The summed E-state index contributed by atoms with van der Waals surface area (Å²) in [7, 11) is 0. The molecule has 3 heteroatoms. The monoisotopic (exact) mass is 264 g/mol. The largest absolute Gasteiger partial charge is 0.325 e. The second kappa shape index (κ2) is 5.34. The molecule has 0 N–H and O–H groups in total. The highest BCUT2D eigenvalue weighted by atomic mass is 16.2. The molecule has 3 fully saturated rings. The normalized spacial score (nSPS) is 30.9. The number of nitrogens with zero attached hydrogens (tertiary/aromatic N) is 2. The van der Waals surface area contributed by atoms with Gasteiger partial charge in [0.15, 0.2) is 0 Å². The van der Waals surface area contributed by atoms with E-state index in [4.69, 9.17) is 0 Å². The molecule has 1 aliphatic carbocycles. The number of hydrogen-bond acceptors (Lipinski definition) is 1. The molecule has 2 aliphatic heterocycles.